The van der Waals surface area contributed by atoms with Gasteiger partial charge >= 0.3 is 6.18 Å². The average molecular weight is 256 g/mol. The Morgan fingerprint density at radius 1 is 1.38 bits per heavy atom. The van der Waals surface area contributed by atoms with Gasteiger partial charge in [0, 0.05) is 17.8 Å². The van der Waals surface area contributed by atoms with E-state index in [0.29, 0.717) is 5.75 Å². The zero-order valence-corrected chi connectivity index (χ0v) is 10.5. The van der Waals surface area contributed by atoms with Crippen LogP contribution in [0.5, 0.6) is 0 Å². The Bertz CT molecular complexity index is 243. The molecule has 1 heterocycles. The van der Waals surface area contributed by atoms with Crippen LogP contribution in [-0.4, -0.2) is 36.3 Å². The Labute approximate surface area is 98.5 Å². The minimum absolute atomic E-state index is 0.196. The number of thioether (sulfide) groups is 1. The summed E-state index contributed by atoms with van der Waals surface area (Å²) in [6.45, 7) is 3.25. The minimum Gasteiger partial charge on any atom is -0.329 e. The highest BCUT2D eigenvalue weighted by Gasteiger charge is 2.47. The summed E-state index contributed by atoms with van der Waals surface area (Å²) in [6.07, 6.45) is -3.29. The summed E-state index contributed by atoms with van der Waals surface area (Å²) >= 11 is 1.67. The van der Waals surface area contributed by atoms with Gasteiger partial charge < -0.3 is 11.1 Å². The first-order chi connectivity index (χ1) is 7.22. The van der Waals surface area contributed by atoms with Crippen molar-refractivity contribution in [1.82, 2.24) is 5.32 Å². The molecule has 6 heteroatoms. The maximum absolute atomic E-state index is 12.3. The van der Waals surface area contributed by atoms with Crippen molar-refractivity contribution in [2.75, 3.05) is 24.6 Å². The molecule has 1 rings (SSSR count). The number of halogens is 3. The van der Waals surface area contributed by atoms with Crippen LogP contribution in [0.1, 0.15) is 20.3 Å². The molecule has 0 amide bonds. The van der Waals surface area contributed by atoms with Crippen molar-refractivity contribution in [3.63, 3.8) is 0 Å². The van der Waals surface area contributed by atoms with Crippen LogP contribution in [0.4, 0.5) is 13.2 Å². The van der Waals surface area contributed by atoms with Crippen LogP contribution in [0.3, 0.4) is 0 Å². The monoisotopic (exact) mass is 256 g/mol. The van der Waals surface area contributed by atoms with Gasteiger partial charge in [0.25, 0.3) is 0 Å². The summed E-state index contributed by atoms with van der Waals surface area (Å²) in [5.74, 6) is 1.63. The lowest BCUT2D eigenvalue weighted by molar-refractivity contribution is -0.131. The van der Waals surface area contributed by atoms with E-state index in [1.165, 1.54) is 0 Å². The van der Waals surface area contributed by atoms with Crippen molar-refractivity contribution in [1.29, 1.82) is 0 Å². The van der Waals surface area contributed by atoms with Crippen LogP contribution in [0.25, 0.3) is 0 Å². The first kappa shape index (κ1) is 14.1. The lowest BCUT2D eigenvalue weighted by atomic mass is 9.71. The Kier molecular flexibility index (Phi) is 4.18. The molecule has 96 valence electrons. The van der Waals surface area contributed by atoms with Gasteiger partial charge in [-0.1, -0.05) is 13.8 Å². The SMILES string of the molecule is CC1(C)CCSCC1(CN)NCC(F)(F)F. The molecule has 3 N–H and O–H groups in total. The molecule has 0 aliphatic carbocycles. The van der Waals surface area contributed by atoms with Crippen molar-refractivity contribution in [2.45, 2.75) is 32.0 Å². The van der Waals surface area contributed by atoms with Crippen molar-refractivity contribution in [3.05, 3.63) is 0 Å². The van der Waals surface area contributed by atoms with Crippen LogP contribution in [0.2, 0.25) is 0 Å². The van der Waals surface area contributed by atoms with Crippen molar-refractivity contribution < 1.29 is 13.2 Å². The van der Waals surface area contributed by atoms with Gasteiger partial charge in [-0.3, -0.25) is 0 Å². The largest absolute Gasteiger partial charge is 0.401 e. The smallest absolute Gasteiger partial charge is 0.329 e. The van der Waals surface area contributed by atoms with Gasteiger partial charge in [-0.2, -0.15) is 24.9 Å². The zero-order valence-electron chi connectivity index (χ0n) is 9.66. The zero-order chi connectivity index (χ0) is 12.4. The molecular weight excluding hydrogens is 237 g/mol. The molecule has 16 heavy (non-hydrogen) atoms. The predicted molar refractivity (Wildman–Crippen MR) is 61.6 cm³/mol. The summed E-state index contributed by atoms with van der Waals surface area (Å²) in [5.41, 5.74) is 4.90. The Morgan fingerprint density at radius 2 is 2.00 bits per heavy atom. The Balaban J connectivity index is 2.75. The second kappa shape index (κ2) is 4.74. The number of rotatable bonds is 3. The molecule has 0 radical (unpaired) electrons. The van der Waals surface area contributed by atoms with Gasteiger partial charge in [-0.25, -0.2) is 0 Å². The first-order valence-electron chi connectivity index (χ1n) is 5.32. The van der Waals surface area contributed by atoms with E-state index >= 15 is 0 Å². The van der Waals surface area contributed by atoms with Crippen molar-refractivity contribution in [3.8, 4) is 0 Å². The quantitative estimate of drug-likeness (QED) is 0.811. The van der Waals surface area contributed by atoms with Crippen LogP contribution < -0.4 is 11.1 Å². The highest BCUT2D eigenvalue weighted by molar-refractivity contribution is 7.99. The second-order valence-corrected chi connectivity index (χ2v) is 6.05. The van der Waals surface area contributed by atoms with Gasteiger partial charge in [0.1, 0.15) is 0 Å². The highest BCUT2D eigenvalue weighted by atomic mass is 32.2. The molecule has 0 spiro atoms. The van der Waals surface area contributed by atoms with Crippen LogP contribution in [0.15, 0.2) is 0 Å². The third-order valence-electron chi connectivity index (χ3n) is 3.49. The van der Waals surface area contributed by atoms with E-state index in [-0.39, 0.29) is 12.0 Å². The molecule has 1 aliphatic heterocycles. The van der Waals surface area contributed by atoms with Crippen LogP contribution in [0, 0.1) is 5.41 Å². The lowest BCUT2D eigenvalue weighted by Gasteiger charge is -2.50. The van der Waals surface area contributed by atoms with Gasteiger partial charge in [-0.05, 0) is 17.6 Å². The van der Waals surface area contributed by atoms with E-state index in [1.54, 1.807) is 11.8 Å². The Morgan fingerprint density at radius 3 is 2.44 bits per heavy atom. The number of hydrogen-bond donors (Lipinski definition) is 2. The number of nitrogens with one attached hydrogen (secondary N) is 1. The molecule has 1 aliphatic rings. The second-order valence-electron chi connectivity index (χ2n) is 4.94. The van der Waals surface area contributed by atoms with E-state index in [1.807, 2.05) is 13.8 Å². The molecule has 0 aromatic rings. The van der Waals surface area contributed by atoms with Crippen LogP contribution >= 0.6 is 11.8 Å². The fourth-order valence-electron chi connectivity index (χ4n) is 1.98. The van der Waals surface area contributed by atoms with Gasteiger partial charge in [0.2, 0.25) is 0 Å². The normalized spacial score (nSPS) is 30.4. The summed E-state index contributed by atoms with van der Waals surface area (Å²) in [4.78, 5) is 0. The van der Waals surface area contributed by atoms with E-state index in [2.05, 4.69) is 5.32 Å². The lowest BCUT2D eigenvalue weighted by Crippen LogP contribution is -2.65. The molecule has 0 bridgehead atoms. The molecule has 1 unspecified atom stereocenters. The molecule has 1 atom stereocenters. The third kappa shape index (κ3) is 3.05. The molecule has 0 aromatic carbocycles. The number of nitrogens with two attached hydrogens (primary N) is 1. The molecular formula is C10H19F3N2S. The molecule has 1 saturated heterocycles. The van der Waals surface area contributed by atoms with E-state index < -0.39 is 18.3 Å². The molecule has 0 aromatic heterocycles. The fraction of sp³-hybridized carbons (Fsp3) is 1.00. The van der Waals surface area contributed by atoms with E-state index in [0.717, 1.165) is 12.2 Å². The average Bonchev–Trinajstić information content (AvgIpc) is 2.15. The predicted octanol–water partition coefficient (Wildman–Crippen LogP) is 2.00. The van der Waals surface area contributed by atoms with Crippen molar-refractivity contribution >= 4 is 11.8 Å². The van der Waals surface area contributed by atoms with Gasteiger partial charge in [-0.15, -0.1) is 0 Å². The third-order valence-corrected chi connectivity index (χ3v) is 4.68. The van der Waals surface area contributed by atoms with E-state index in [9.17, 15) is 13.2 Å². The maximum atomic E-state index is 12.3. The van der Waals surface area contributed by atoms with E-state index in [4.69, 9.17) is 5.73 Å². The highest BCUT2D eigenvalue weighted by Crippen LogP contribution is 2.42. The summed E-state index contributed by atoms with van der Waals surface area (Å²) in [5, 5.41) is 2.64. The maximum Gasteiger partial charge on any atom is 0.401 e. The standard InChI is InChI=1S/C10H19F3N2S/c1-8(2)3-4-16-7-9(8,5-14)15-6-10(11,12)13/h15H,3-7,14H2,1-2H3. The molecule has 2 nitrogen and oxygen atoms in total. The van der Waals surface area contributed by atoms with Gasteiger partial charge in [0.15, 0.2) is 0 Å². The fourth-order valence-corrected chi connectivity index (χ4v) is 3.73. The number of hydrogen-bond acceptors (Lipinski definition) is 3. The summed E-state index contributed by atoms with van der Waals surface area (Å²) in [7, 11) is 0. The van der Waals surface area contributed by atoms with Crippen LogP contribution in [-0.2, 0) is 0 Å². The number of alkyl halides is 3. The molecule has 1 fully saturated rings. The Hall–Kier alpha value is 0.0600. The van der Waals surface area contributed by atoms with Gasteiger partial charge in [0.05, 0.1) is 6.54 Å². The molecule has 0 saturated carbocycles. The minimum atomic E-state index is -4.18. The summed E-state index contributed by atoms with van der Waals surface area (Å²) in [6, 6.07) is 0. The summed E-state index contributed by atoms with van der Waals surface area (Å²) < 4.78 is 36.8. The topological polar surface area (TPSA) is 38.0 Å². The first-order valence-corrected chi connectivity index (χ1v) is 6.48. The van der Waals surface area contributed by atoms with Crippen molar-refractivity contribution in [2.24, 2.45) is 11.1 Å².